The zero-order chi connectivity index (χ0) is 14.4. The van der Waals surface area contributed by atoms with E-state index in [1.165, 1.54) is 0 Å². The average Bonchev–Trinajstić information content (AvgIpc) is 2.98. The lowest BCUT2D eigenvalue weighted by Crippen LogP contribution is -2.22. The number of nitrogens with zero attached hydrogens (tertiary/aromatic N) is 1. The minimum Gasteiger partial charge on any atom is -0.497 e. The summed E-state index contributed by atoms with van der Waals surface area (Å²) in [6, 6.07) is 9.46. The van der Waals surface area contributed by atoms with E-state index in [4.69, 9.17) is 15.2 Å². The Kier molecular flexibility index (Phi) is 7.30. The van der Waals surface area contributed by atoms with Gasteiger partial charge in [-0.2, -0.15) is 0 Å². The first-order valence-electron chi connectivity index (χ1n) is 6.04. The molecule has 1 aromatic heterocycles. The number of guanidine groups is 1. The van der Waals surface area contributed by atoms with Crippen LogP contribution in [0.2, 0.25) is 0 Å². The van der Waals surface area contributed by atoms with Gasteiger partial charge in [0.25, 0.3) is 0 Å². The molecule has 0 spiro atoms. The highest BCUT2D eigenvalue weighted by atomic mass is 127. The maximum absolute atomic E-state index is 5.88. The molecule has 0 unspecified atom stereocenters. The Bertz CT molecular complexity index is 588. The van der Waals surface area contributed by atoms with Gasteiger partial charge < -0.3 is 20.5 Å². The molecule has 2 aromatic rings. The normalized spacial score (nSPS) is 10.7. The van der Waals surface area contributed by atoms with Crippen LogP contribution in [0.1, 0.15) is 4.88 Å². The predicted octanol–water partition coefficient (Wildman–Crippen LogP) is 3.31. The van der Waals surface area contributed by atoms with Crippen molar-refractivity contribution in [2.24, 2.45) is 10.7 Å². The lowest BCUT2D eigenvalue weighted by atomic mass is 10.2. The highest BCUT2D eigenvalue weighted by Crippen LogP contribution is 2.28. The van der Waals surface area contributed by atoms with Crippen molar-refractivity contribution < 1.29 is 9.47 Å². The molecule has 21 heavy (non-hydrogen) atoms. The summed E-state index contributed by atoms with van der Waals surface area (Å²) in [5, 5.41) is 5.04. The lowest BCUT2D eigenvalue weighted by Gasteiger charge is -2.12. The molecule has 0 radical (unpaired) electrons. The first kappa shape index (κ1) is 17.6. The molecule has 0 aliphatic carbocycles. The van der Waals surface area contributed by atoms with Gasteiger partial charge in [-0.05, 0) is 23.6 Å². The van der Waals surface area contributed by atoms with Crippen molar-refractivity contribution in [3.05, 3.63) is 40.6 Å². The molecule has 0 aliphatic heterocycles. The van der Waals surface area contributed by atoms with E-state index in [0.29, 0.717) is 18.3 Å². The molecule has 0 atom stereocenters. The van der Waals surface area contributed by atoms with Gasteiger partial charge in [-0.25, -0.2) is 4.99 Å². The average molecular weight is 419 g/mol. The van der Waals surface area contributed by atoms with E-state index in [1.54, 1.807) is 25.6 Å². The SMILES string of the molecule is COc1ccc(OC)c(NC(N)=NCc2cccs2)c1.I. The zero-order valence-corrected chi connectivity index (χ0v) is 15.0. The first-order valence-corrected chi connectivity index (χ1v) is 6.92. The van der Waals surface area contributed by atoms with Crippen molar-refractivity contribution in [1.29, 1.82) is 0 Å². The number of rotatable bonds is 5. The minimum absolute atomic E-state index is 0. The summed E-state index contributed by atoms with van der Waals surface area (Å²) in [7, 11) is 3.21. The van der Waals surface area contributed by atoms with Gasteiger partial charge >= 0.3 is 0 Å². The van der Waals surface area contributed by atoms with Crippen LogP contribution < -0.4 is 20.5 Å². The van der Waals surface area contributed by atoms with Crippen LogP contribution in [0.15, 0.2) is 40.7 Å². The van der Waals surface area contributed by atoms with E-state index in [1.807, 2.05) is 35.7 Å². The second-order valence-corrected chi connectivity index (χ2v) is 5.00. The highest BCUT2D eigenvalue weighted by molar-refractivity contribution is 14.0. The van der Waals surface area contributed by atoms with Crippen LogP contribution >= 0.6 is 35.3 Å². The Morgan fingerprint density at radius 1 is 1.29 bits per heavy atom. The van der Waals surface area contributed by atoms with Crippen molar-refractivity contribution in [3.63, 3.8) is 0 Å². The van der Waals surface area contributed by atoms with Gasteiger partial charge in [0.1, 0.15) is 11.5 Å². The number of anilines is 1. The molecule has 0 bridgehead atoms. The molecule has 0 fully saturated rings. The number of ether oxygens (including phenoxy) is 2. The van der Waals surface area contributed by atoms with E-state index in [0.717, 1.165) is 16.3 Å². The second-order valence-electron chi connectivity index (χ2n) is 3.97. The van der Waals surface area contributed by atoms with E-state index < -0.39 is 0 Å². The van der Waals surface area contributed by atoms with Crippen LogP contribution in [0.3, 0.4) is 0 Å². The number of nitrogens with two attached hydrogens (primary N) is 1. The Morgan fingerprint density at radius 3 is 2.71 bits per heavy atom. The van der Waals surface area contributed by atoms with Gasteiger partial charge in [0.15, 0.2) is 5.96 Å². The van der Waals surface area contributed by atoms with Crippen LogP contribution in [0.25, 0.3) is 0 Å². The van der Waals surface area contributed by atoms with Gasteiger partial charge in [-0.15, -0.1) is 35.3 Å². The standard InChI is InChI=1S/C14H17N3O2S.HI/c1-18-10-5-6-13(19-2)12(8-10)17-14(15)16-9-11-4-3-7-20-11;/h3-8H,9H2,1-2H3,(H3,15,16,17);1H. The Hall–Kier alpha value is -1.48. The zero-order valence-electron chi connectivity index (χ0n) is 11.8. The summed E-state index contributed by atoms with van der Waals surface area (Å²) in [4.78, 5) is 5.45. The Balaban J connectivity index is 0.00000220. The van der Waals surface area contributed by atoms with Gasteiger partial charge in [0.2, 0.25) is 0 Å². The molecule has 2 rings (SSSR count). The third-order valence-electron chi connectivity index (χ3n) is 2.65. The maximum Gasteiger partial charge on any atom is 0.193 e. The van der Waals surface area contributed by atoms with E-state index in [9.17, 15) is 0 Å². The van der Waals surface area contributed by atoms with Crippen molar-refractivity contribution in [2.45, 2.75) is 6.54 Å². The maximum atomic E-state index is 5.88. The molecule has 1 aromatic carbocycles. The Morgan fingerprint density at radius 2 is 2.10 bits per heavy atom. The Labute approximate surface area is 145 Å². The number of benzene rings is 1. The monoisotopic (exact) mass is 419 g/mol. The van der Waals surface area contributed by atoms with Crippen LogP contribution in [0, 0.1) is 0 Å². The summed E-state index contributed by atoms with van der Waals surface area (Å²) in [5.41, 5.74) is 6.61. The molecule has 0 amide bonds. The first-order chi connectivity index (χ1) is 9.72. The lowest BCUT2D eigenvalue weighted by molar-refractivity contribution is 0.405. The molecule has 0 saturated heterocycles. The van der Waals surface area contributed by atoms with Crippen LogP contribution in [0.5, 0.6) is 11.5 Å². The van der Waals surface area contributed by atoms with E-state index in [2.05, 4.69) is 10.3 Å². The number of nitrogens with one attached hydrogen (secondary N) is 1. The molecule has 7 heteroatoms. The number of halogens is 1. The topological polar surface area (TPSA) is 68.9 Å². The van der Waals surface area contributed by atoms with Crippen molar-refractivity contribution in [1.82, 2.24) is 0 Å². The fourth-order valence-corrected chi connectivity index (χ4v) is 2.28. The molecule has 114 valence electrons. The largest absolute Gasteiger partial charge is 0.497 e. The predicted molar refractivity (Wildman–Crippen MR) is 98.2 cm³/mol. The summed E-state index contributed by atoms with van der Waals surface area (Å²) in [5.74, 6) is 1.74. The smallest absolute Gasteiger partial charge is 0.193 e. The van der Waals surface area contributed by atoms with Crippen molar-refractivity contribution in [3.8, 4) is 11.5 Å². The van der Waals surface area contributed by atoms with Crippen molar-refractivity contribution >= 4 is 47.0 Å². The summed E-state index contributed by atoms with van der Waals surface area (Å²) in [6.07, 6.45) is 0. The number of hydrogen-bond donors (Lipinski definition) is 2. The highest BCUT2D eigenvalue weighted by Gasteiger charge is 2.06. The fraction of sp³-hybridized carbons (Fsp3) is 0.214. The molecular formula is C14H18IN3O2S. The van der Waals surface area contributed by atoms with Gasteiger partial charge in [-0.1, -0.05) is 6.07 Å². The van der Waals surface area contributed by atoms with Crippen LogP contribution in [0.4, 0.5) is 5.69 Å². The fourth-order valence-electron chi connectivity index (χ4n) is 1.65. The van der Waals surface area contributed by atoms with Crippen LogP contribution in [-0.2, 0) is 6.54 Å². The molecular weight excluding hydrogens is 401 g/mol. The summed E-state index contributed by atoms with van der Waals surface area (Å²) < 4.78 is 10.4. The van der Waals surface area contributed by atoms with E-state index >= 15 is 0 Å². The molecule has 3 N–H and O–H groups in total. The molecule has 1 heterocycles. The number of methoxy groups -OCH3 is 2. The van der Waals surface area contributed by atoms with Gasteiger partial charge in [0, 0.05) is 10.9 Å². The quantitative estimate of drug-likeness (QED) is 0.443. The molecule has 0 saturated carbocycles. The van der Waals surface area contributed by atoms with Crippen LogP contribution in [-0.4, -0.2) is 20.2 Å². The third kappa shape index (κ3) is 5.09. The summed E-state index contributed by atoms with van der Waals surface area (Å²) >= 11 is 1.65. The third-order valence-corrected chi connectivity index (χ3v) is 3.52. The van der Waals surface area contributed by atoms with E-state index in [-0.39, 0.29) is 24.0 Å². The molecule has 5 nitrogen and oxygen atoms in total. The van der Waals surface area contributed by atoms with Crippen molar-refractivity contribution in [2.75, 3.05) is 19.5 Å². The number of thiophene rings is 1. The number of aliphatic imine (C=N–C) groups is 1. The minimum atomic E-state index is 0. The second kappa shape index (κ2) is 8.73. The van der Waals surface area contributed by atoms with Gasteiger partial charge in [0.05, 0.1) is 26.5 Å². The van der Waals surface area contributed by atoms with Gasteiger partial charge in [-0.3, -0.25) is 0 Å². The number of hydrogen-bond acceptors (Lipinski definition) is 4. The summed E-state index contributed by atoms with van der Waals surface area (Å²) in [6.45, 7) is 0.558. The molecule has 0 aliphatic rings.